The molecule has 2 aliphatic heterocycles. The Morgan fingerprint density at radius 2 is 1.83 bits per heavy atom. The fourth-order valence-corrected chi connectivity index (χ4v) is 4.52. The number of hydrogen-bond acceptors (Lipinski definition) is 5. The molecule has 2 aromatic carbocycles. The first-order chi connectivity index (χ1) is 14.2. The summed E-state index contributed by atoms with van der Waals surface area (Å²) >= 11 is 0. The van der Waals surface area contributed by atoms with Crippen LogP contribution >= 0.6 is 0 Å². The number of amides is 1. The minimum atomic E-state index is -0.508. The van der Waals surface area contributed by atoms with Crippen LogP contribution in [0.25, 0.3) is 0 Å². The van der Waals surface area contributed by atoms with E-state index < -0.39 is 6.10 Å². The van der Waals surface area contributed by atoms with E-state index in [1.165, 1.54) is 0 Å². The van der Waals surface area contributed by atoms with E-state index in [-0.39, 0.29) is 31.1 Å². The van der Waals surface area contributed by atoms with Crippen LogP contribution in [-0.2, 0) is 16.1 Å². The minimum absolute atomic E-state index is 0.0177. The van der Waals surface area contributed by atoms with Gasteiger partial charge in [0.05, 0.1) is 12.0 Å². The second kappa shape index (κ2) is 7.43. The Balaban J connectivity index is 1.36. The summed E-state index contributed by atoms with van der Waals surface area (Å²) in [6, 6.07) is 13.4. The molecule has 1 fully saturated rings. The number of nitrogens with zero attached hydrogens (tertiary/aromatic N) is 1. The molecule has 29 heavy (non-hydrogen) atoms. The summed E-state index contributed by atoms with van der Waals surface area (Å²) in [6.45, 7) is 0.749. The van der Waals surface area contributed by atoms with Gasteiger partial charge in [0, 0.05) is 18.2 Å². The van der Waals surface area contributed by atoms with E-state index in [2.05, 4.69) is 0 Å². The quantitative estimate of drug-likeness (QED) is 0.719. The van der Waals surface area contributed by atoms with Crippen molar-refractivity contribution in [1.82, 2.24) is 4.90 Å². The Morgan fingerprint density at radius 3 is 2.69 bits per heavy atom. The number of benzene rings is 2. The lowest BCUT2D eigenvalue weighted by Crippen LogP contribution is -2.39. The summed E-state index contributed by atoms with van der Waals surface area (Å²) in [4.78, 5) is 27.4. The van der Waals surface area contributed by atoms with E-state index in [9.17, 15) is 9.59 Å². The Kier molecular flexibility index (Phi) is 4.62. The number of ether oxygens (including phenoxy) is 3. The number of carbonyl (C=O) groups is 2. The lowest BCUT2D eigenvalue weighted by molar-refractivity contribution is -0.136. The minimum Gasteiger partial charge on any atom is -0.454 e. The molecular weight excluding hydrogens is 370 g/mol. The number of fused-ring (bicyclic) bond motifs is 2. The molecule has 0 spiro atoms. The highest BCUT2D eigenvalue weighted by Gasteiger charge is 2.35. The third kappa shape index (κ3) is 3.43. The molecule has 0 radical (unpaired) electrons. The number of cyclic esters (lactones) is 1. The Hall–Kier alpha value is -3.02. The van der Waals surface area contributed by atoms with Crippen molar-refractivity contribution in [2.75, 3.05) is 6.79 Å². The molecule has 1 atom stereocenters. The van der Waals surface area contributed by atoms with E-state index >= 15 is 0 Å². The van der Waals surface area contributed by atoms with Crippen molar-refractivity contribution in [3.8, 4) is 11.5 Å². The van der Waals surface area contributed by atoms with Crippen LogP contribution in [0.5, 0.6) is 11.5 Å². The summed E-state index contributed by atoms with van der Waals surface area (Å²) < 4.78 is 16.4. The second-order valence-electron chi connectivity index (χ2n) is 7.83. The first-order valence-electron chi connectivity index (χ1n) is 10.2. The van der Waals surface area contributed by atoms with Gasteiger partial charge in [-0.3, -0.25) is 4.79 Å². The first-order valence-corrected chi connectivity index (χ1v) is 10.2. The molecule has 0 N–H and O–H groups in total. The van der Waals surface area contributed by atoms with Gasteiger partial charge in [0.1, 0.15) is 6.10 Å². The smallest absolute Gasteiger partial charge is 0.339 e. The molecule has 6 nitrogen and oxygen atoms in total. The molecule has 1 unspecified atom stereocenters. The summed E-state index contributed by atoms with van der Waals surface area (Å²) in [6.07, 6.45) is 3.96. The number of hydrogen-bond donors (Lipinski definition) is 0. The number of carbonyl (C=O) groups excluding carboxylic acids is 2. The van der Waals surface area contributed by atoms with E-state index in [0.29, 0.717) is 12.1 Å². The molecule has 2 heterocycles. The van der Waals surface area contributed by atoms with Gasteiger partial charge >= 0.3 is 5.97 Å². The molecule has 2 aromatic rings. The lowest BCUT2D eigenvalue weighted by atomic mass is 10.0. The summed E-state index contributed by atoms with van der Waals surface area (Å²) in [7, 11) is 0. The summed E-state index contributed by atoms with van der Waals surface area (Å²) in [5.74, 6) is 1.13. The molecule has 1 aliphatic carbocycles. The van der Waals surface area contributed by atoms with Crippen LogP contribution in [0.15, 0.2) is 42.5 Å². The normalized spacial score (nSPS) is 19.9. The van der Waals surface area contributed by atoms with Crippen molar-refractivity contribution in [3.63, 3.8) is 0 Å². The van der Waals surface area contributed by atoms with Crippen molar-refractivity contribution in [2.45, 2.75) is 50.8 Å². The highest BCUT2D eigenvalue weighted by molar-refractivity contribution is 5.94. The molecule has 1 saturated carbocycles. The van der Waals surface area contributed by atoms with Gasteiger partial charge < -0.3 is 19.1 Å². The zero-order valence-electron chi connectivity index (χ0n) is 16.1. The average Bonchev–Trinajstić information content (AvgIpc) is 3.47. The van der Waals surface area contributed by atoms with Gasteiger partial charge in [0.15, 0.2) is 11.5 Å². The predicted octanol–water partition coefficient (Wildman–Crippen LogP) is 3.99. The maximum absolute atomic E-state index is 13.3. The maximum Gasteiger partial charge on any atom is 0.339 e. The van der Waals surface area contributed by atoms with Gasteiger partial charge in [-0.05, 0) is 36.6 Å². The van der Waals surface area contributed by atoms with Gasteiger partial charge in [-0.15, -0.1) is 0 Å². The predicted molar refractivity (Wildman–Crippen MR) is 105 cm³/mol. The Bertz CT molecular complexity index is 950. The highest BCUT2D eigenvalue weighted by atomic mass is 16.7. The van der Waals surface area contributed by atoms with Crippen LogP contribution in [0.1, 0.15) is 59.7 Å². The fraction of sp³-hybridized carbons (Fsp3) is 0.391. The van der Waals surface area contributed by atoms with E-state index in [1.54, 1.807) is 6.07 Å². The van der Waals surface area contributed by atoms with Crippen LogP contribution in [0.3, 0.4) is 0 Å². The lowest BCUT2D eigenvalue weighted by Gasteiger charge is -2.30. The summed E-state index contributed by atoms with van der Waals surface area (Å²) in [5, 5.41) is 0. The third-order valence-corrected chi connectivity index (χ3v) is 6.01. The molecule has 0 saturated heterocycles. The SMILES string of the molecule is O=C1OC(CC(=O)N(Cc2ccc3c(c2)OCO3)C2CCCC2)c2ccccc21. The average molecular weight is 393 g/mol. The van der Waals surface area contributed by atoms with Crippen LogP contribution in [0, 0.1) is 0 Å². The Morgan fingerprint density at radius 1 is 1.03 bits per heavy atom. The first kappa shape index (κ1) is 18.0. The van der Waals surface area contributed by atoms with Gasteiger partial charge in [0.2, 0.25) is 12.7 Å². The molecule has 3 aliphatic rings. The third-order valence-electron chi connectivity index (χ3n) is 6.01. The second-order valence-corrected chi connectivity index (χ2v) is 7.83. The standard InChI is InChI=1S/C23H23NO5/c25-22(12-20-17-7-3-4-8-18(17)23(26)29-20)24(16-5-1-2-6-16)13-15-9-10-19-21(11-15)28-14-27-19/h3-4,7-11,16,20H,1-2,5-6,12-14H2. The van der Waals surface area contributed by atoms with Crippen molar-refractivity contribution in [1.29, 1.82) is 0 Å². The topological polar surface area (TPSA) is 65.1 Å². The van der Waals surface area contributed by atoms with Gasteiger partial charge in [0.25, 0.3) is 0 Å². The van der Waals surface area contributed by atoms with E-state index in [1.807, 2.05) is 41.3 Å². The molecule has 150 valence electrons. The number of rotatable bonds is 5. The van der Waals surface area contributed by atoms with Gasteiger partial charge in [-0.2, -0.15) is 0 Å². The monoisotopic (exact) mass is 393 g/mol. The van der Waals surface area contributed by atoms with Crippen LogP contribution in [-0.4, -0.2) is 29.6 Å². The molecule has 5 rings (SSSR count). The molecule has 1 amide bonds. The molecular formula is C23H23NO5. The molecule has 6 heteroatoms. The van der Waals surface area contributed by atoms with Crippen molar-refractivity contribution in [3.05, 3.63) is 59.2 Å². The van der Waals surface area contributed by atoms with E-state index in [4.69, 9.17) is 14.2 Å². The van der Waals surface area contributed by atoms with Gasteiger partial charge in [-0.25, -0.2) is 4.79 Å². The van der Waals surface area contributed by atoms with Crippen molar-refractivity contribution >= 4 is 11.9 Å². The van der Waals surface area contributed by atoms with Gasteiger partial charge in [-0.1, -0.05) is 37.1 Å². The maximum atomic E-state index is 13.3. The van der Waals surface area contributed by atoms with Crippen LogP contribution in [0.4, 0.5) is 0 Å². The van der Waals surface area contributed by atoms with E-state index in [0.717, 1.165) is 48.3 Å². The zero-order chi connectivity index (χ0) is 19.8. The Labute approximate surface area is 169 Å². The number of esters is 1. The molecule has 0 aromatic heterocycles. The zero-order valence-corrected chi connectivity index (χ0v) is 16.1. The highest BCUT2D eigenvalue weighted by Crippen LogP contribution is 2.36. The van der Waals surface area contributed by atoms with Crippen LogP contribution in [0.2, 0.25) is 0 Å². The van der Waals surface area contributed by atoms with Crippen LogP contribution < -0.4 is 9.47 Å². The van der Waals surface area contributed by atoms with Crippen molar-refractivity contribution < 1.29 is 23.8 Å². The molecule has 0 bridgehead atoms. The fourth-order valence-electron chi connectivity index (χ4n) is 4.52. The summed E-state index contributed by atoms with van der Waals surface area (Å²) in [5.41, 5.74) is 2.38. The largest absolute Gasteiger partial charge is 0.454 e. The van der Waals surface area contributed by atoms with Crippen molar-refractivity contribution in [2.24, 2.45) is 0 Å².